The Bertz CT molecular complexity index is 622. The molecule has 0 aliphatic carbocycles. The van der Waals surface area contributed by atoms with Crippen LogP contribution in [-0.2, 0) is 6.42 Å². The third kappa shape index (κ3) is 2.22. The molecule has 0 saturated heterocycles. The fourth-order valence-electron chi connectivity index (χ4n) is 2.56. The van der Waals surface area contributed by atoms with Crippen LogP contribution in [0, 0.1) is 6.92 Å². The van der Waals surface area contributed by atoms with Crippen LogP contribution in [0.1, 0.15) is 28.4 Å². The van der Waals surface area contributed by atoms with Crippen molar-refractivity contribution in [2.45, 2.75) is 19.4 Å². The number of fused-ring (bicyclic) bond motifs is 1. The van der Waals surface area contributed by atoms with Crippen LogP contribution in [0.15, 0.2) is 36.4 Å². The van der Waals surface area contributed by atoms with E-state index in [-0.39, 0.29) is 0 Å². The van der Waals surface area contributed by atoms with Crippen LogP contribution in [0.3, 0.4) is 0 Å². The van der Waals surface area contributed by atoms with Crippen LogP contribution >= 0.6 is 11.6 Å². The third-order valence-corrected chi connectivity index (χ3v) is 3.77. The Morgan fingerprint density at radius 1 is 1.21 bits per heavy atom. The number of aliphatic hydroxyl groups excluding tert-OH is 1. The molecule has 1 heterocycles. The molecule has 98 valence electrons. The molecule has 3 rings (SSSR count). The zero-order chi connectivity index (χ0) is 13.4. The summed E-state index contributed by atoms with van der Waals surface area (Å²) in [6.07, 6.45) is 0.148. The van der Waals surface area contributed by atoms with Gasteiger partial charge in [0.2, 0.25) is 0 Å². The maximum Gasteiger partial charge on any atom is 0.128 e. The van der Waals surface area contributed by atoms with E-state index in [1.54, 1.807) is 6.07 Å². The normalized spacial score (nSPS) is 14.9. The van der Waals surface area contributed by atoms with Crippen molar-refractivity contribution in [3.8, 4) is 5.75 Å². The van der Waals surface area contributed by atoms with E-state index in [2.05, 4.69) is 0 Å². The number of hydrogen-bond donors (Lipinski definition) is 1. The van der Waals surface area contributed by atoms with Gasteiger partial charge in [0.1, 0.15) is 11.9 Å². The first kappa shape index (κ1) is 12.5. The minimum Gasteiger partial charge on any atom is -0.493 e. The summed E-state index contributed by atoms with van der Waals surface area (Å²) >= 11 is 6.13. The van der Waals surface area contributed by atoms with Gasteiger partial charge < -0.3 is 9.84 Å². The van der Waals surface area contributed by atoms with E-state index in [9.17, 15) is 5.11 Å². The molecule has 0 fully saturated rings. The van der Waals surface area contributed by atoms with Gasteiger partial charge in [-0.05, 0) is 35.7 Å². The van der Waals surface area contributed by atoms with Crippen molar-refractivity contribution in [2.75, 3.05) is 6.61 Å². The molecule has 0 radical (unpaired) electrons. The minimum atomic E-state index is -0.702. The summed E-state index contributed by atoms with van der Waals surface area (Å²) < 4.78 is 5.65. The van der Waals surface area contributed by atoms with Crippen molar-refractivity contribution in [3.63, 3.8) is 0 Å². The van der Waals surface area contributed by atoms with E-state index in [0.717, 1.165) is 34.4 Å². The second kappa shape index (κ2) is 4.87. The lowest BCUT2D eigenvalue weighted by molar-refractivity contribution is 0.213. The van der Waals surface area contributed by atoms with Gasteiger partial charge in [-0.15, -0.1) is 0 Å². The van der Waals surface area contributed by atoms with Gasteiger partial charge in [0.15, 0.2) is 0 Å². The Hall–Kier alpha value is -1.51. The van der Waals surface area contributed by atoms with Crippen LogP contribution in [0.4, 0.5) is 0 Å². The van der Waals surface area contributed by atoms with Gasteiger partial charge in [0, 0.05) is 17.0 Å². The number of ether oxygens (including phenoxy) is 1. The first-order valence-corrected chi connectivity index (χ1v) is 6.73. The first-order valence-electron chi connectivity index (χ1n) is 6.35. The Labute approximate surface area is 117 Å². The Morgan fingerprint density at radius 3 is 2.79 bits per heavy atom. The standard InChI is InChI=1S/C16H15ClO2/c1-10-4-2-3-5-13(10)15(18)14-9-12(17)8-11-6-7-19-16(11)14/h2-5,8-9,15,18H,6-7H2,1H3. The van der Waals surface area contributed by atoms with E-state index in [4.69, 9.17) is 16.3 Å². The van der Waals surface area contributed by atoms with Gasteiger partial charge in [0.25, 0.3) is 0 Å². The smallest absolute Gasteiger partial charge is 0.128 e. The number of hydrogen-bond acceptors (Lipinski definition) is 2. The second-order valence-corrected chi connectivity index (χ2v) is 5.28. The molecule has 1 aliphatic rings. The average Bonchev–Trinajstić information content (AvgIpc) is 2.85. The van der Waals surface area contributed by atoms with Crippen LogP contribution in [-0.4, -0.2) is 11.7 Å². The number of benzene rings is 2. The molecule has 2 aromatic carbocycles. The Morgan fingerprint density at radius 2 is 2.00 bits per heavy atom. The number of halogens is 1. The molecule has 1 unspecified atom stereocenters. The Kier molecular flexibility index (Phi) is 3.21. The second-order valence-electron chi connectivity index (χ2n) is 4.84. The summed E-state index contributed by atoms with van der Waals surface area (Å²) in [5, 5.41) is 11.3. The molecular weight excluding hydrogens is 260 g/mol. The van der Waals surface area contributed by atoms with Crippen molar-refractivity contribution < 1.29 is 9.84 Å². The summed E-state index contributed by atoms with van der Waals surface area (Å²) in [7, 11) is 0. The van der Waals surface area contributed by atoms with Crippen LogP contribution < -0.4 is 4.74 Å². The van der Waals surface area contributed by atoms with E-state index >= 15 is 0 Å². The lowest BCUT2D eigenvalue weighted by Gasteiger charge is -2.17. The minimum absolute atomic E-state index is 0.645. The summed E-state index contributed by atoms with van der Waals surface area (Å²) in [4.78, 5) is 0. The molecule has 0 amide bonds. The van der Waals surface area contributed by atoms with E-state index in [0.29, 0.717) is 11.6 Å². The Balaban J connectivity index is 2.10. The van der Waals surface area contributed by atoms with Gasteiger partial charge in [-0.3, -0.25) is 0 Å². The quantitative estimate of drug-likeness (QED) is 0.905. The predicted molar refractivity (Wildman–Crippen MR) is 75.9 cm³/mol. The SMILES string of the molecule is Cc1ccccc1C(O)c1cc(Cl)cc2c1OCC2. The highest BCUT2D eigenvalue weighted by molar-refractivity contribution is 6.30. The van der Waals surface area contributed by atoms with E-state index in [1.165, 1.54) is 0 Å². The molecule has 0 spiro atoms. The first-order chi connectivity index (χ1) is 9.16. The van der Waals surface area contributed by atoms with Crippen LogP contribution in [0.5, 0.6) is 5.75 Å². The summed E-state index contributed by atoms with van der Waals surface area (Å²) in [6, 6.07) is 11.5. The molecule has 19 heavy (non-hydrogen) atoms. The summed E-state index contributed by atoms with van der Waals surface area (Å²) in [6.45, 7) is 2.65. The maximum atomic E-state index is 10.6. The molecular formula is C16H15ClO2. The highest BCUT2D eigenvalue weighted by Crippen LogP contribution is 2.39. The number of aliphatic hydroxyl groups is 1. The lowest BCUT2D eigenvalue weighted by atomic mass is 9.95. The van der Waals surface area contributed by atoms with E-state index < -0.39 is 6.10 Å². The largest absolute Gasteiger partial charge is 0.493 e. The third-order valence-electron chi connectivity index (χ3n) is 3.55. The van der Waals surface area contributed by atoms with Crippen molar-refractivity contribution in [3.05, 3.63) is 63.7 Å². The zero-order valence-corrected chi connectivity index (χ0v) is 11.4. The monoisotopic (exact) mass is 274 g/mol. The fraction of sp³-hybridized carbons (Fsp3) is 0.250. The predicted octanol–water partition coefficient (Wildman–Crippen LogP) is 3.67. The summed E-state index contributed by atoms with van der Waals surface area (Å²) in [5.41, 5.74) is 3.79. The molecule has 1 N–H and O–H groups in total. The van der Waals surface area contributed by atoms with Crippen molar-refractivity contribution >= 4 is 11.6 Å². The van der Waals surface area contributed by atoms with Gasteiger partial charge in [-0.1, -0.05) is 35.9 Å². The topological polar surface area (TPSA) is 29.5 Å². The van der Waals surface area contributed by atoms with Crippen molar-refractivity contribution in [1.82, 2.24) is 0 Å². The van der Waals surface area contributed by atoms with Gasteiger partial charge >= 0.3 is 0 Å². The number of aryl methyl sites for hydroxylation is 1. The molecule has 0 saturated carbocycles. The molecule has 1 atom stereocenters. The van der Waals surface area contributed by atoms with Crippen molar-refractivity contribution in [2.24, 2.45) is 0 Å². The fourth-order valence-corrected chi connectivity index (χ4v) is 2.81. The molecule has 1 aliphatic heterocycles. The molecule has 2 aromatic rings. The van der Waals surface area contributed by atoms with E-state index in [1.807, 2.05) is 37.3 Å². The highest BCUT2D eigenvalue weighted by atomic mass is 35.5. The molecule has 0 bridgehead atoms. The van der Waals surface area contributed by atoms with Gasteiger partial charge in [-0.25, -0.2) is 0 Å². The molecule has 0 aromatic heterocycles. The zero-order valence-electron chi connectivity index (χ0n) is 10.7. The maximum absolute atomic E-state index is 10.6. The lowest BCUT2D eigenvalue weighted by Crippen LogP contribution is -2.04. The summed E-state index contributed by atoms with van der Waals surface area (Å²) in [5.74, 6) is 0.792. The van der Waals surface area contributed by atoms with Crippen molar-refractivity contribution in [1.29, 1.82) is 0 Å². The van der Waals surface area contributed by atoms with Crippen LogP contribution in [0.25, 0.3) is 0 Å². The van der Waals surface area contributed by atoms with Crippen LogP contribution in [0.2, 0.25) is 5.02 Å². The highest BCUT2D eigenvalue weighted by Gasteiger charge is 2.23. The average molecular weight is 275 g/mol. The van der Waals surface area contributed by atoms with Gasteiger partial charge in [0.05, 0.1) is 6.61 Å². The number of rotatable bonds is 2. The molecule has 3 heteroatoms. The molecule has 2 nitrogen and oxygen atoms in total. The van der Waals surface area contributed by atoms with Gasteiger partial charge in [-0.2, -0.15) is 0 Å².